The van der Waals surface area contributed by atoms with Gasteiger partial charge in [-0.1, -0.05) is 48.0 Å². The highest BCUT2D eigenvalue weighted by atomic mass is 35.5. The Kier molecular flexibility index (Phi) is 6.72. The summed E-state index contributed by atoms with van der Waals surface area (Å²) in [7, 11) is 0. The Morgan fingerprint density at radius 1 is 0.848 bits per heavy atom. The normalized spacial score (nSPS) is 10.8. The van der Waals surface area contributed by atoms with Gasteiger partial charge in [-0.25, -0.2) is 0 Å². The van der Waals surface area contributed by atoms with Crippen LogP contribution in [0.15, 0.2) is 95.4 Å². The molecule has 33 heavy (non-hydrogen) atoms. The van der Waals surface area contributed by atoms with Gasteiger partial charge in [-0.2, -0.15) is 0 Å². The summed E-state index contributed by atoms with van der Waals surface area (Å²) in [5.41, 5.74) is 3.56. The molecule has 0 atom stereocenters. The summed E-state index contributed by atoms with van der Waals surface area (Å²) in [5.74, 6) is 0.667. The quantitative estimate of drug-likeness (QED) is 0.313. The van der Waals surface area contributed by atoms with Gasteiger partial charge in [0.15, 0.2) is 0 Å². The molecule has 0 aliphatic rings. The van der Waals surface area contributed by atoms with Crippen molar-refractivity contribution in [2.75, 3.05) is 10.6 Å². The molecule has 0 aliphatic carbocycles. The molecule has 0 bridgehead atoms. The van der Waals surface area contributed by atoms with Crippen LogP contribution in [0.1, 0.15) is 21.7 Å². The molecular formula is C27H21ClN2O3. The lowest BCUT2D eigenvalue weighted by Crippen LogP contribution is -2.12. The number of nitrogens with one attached hydrogen (secondary N) is 2. The molecule has 0 fully saturated rings. The summed E-state index contributed by atoms with van der Waals surface area (Å²) in [6.07, 6.45) is 2.98. The van der Waals surface area contributed by atoms with E-state index in [-0.39, 0.29) is 11.8 Å². The van der Waals surface area contributed by atoms with Crippen LogP contribution in [-0.2, 0) is 4.79 Å². The third kappa shape index (κ3) is 5.79. The maximum Gasteiger partial charge on any atom is 0.255 e. The number of hydrogen-bond donors (Lipinski definition) is 2. The molecule has 4 rings (SSSR count). The highest BCUT2D eigenvalue weighted by molar-refractivity contribution is 6.31. The van der Waals surface area contributed by atoms with Gasteiger partial charge >= 0.3 is 0 Å². The first-order valence-corrected chi connectivity index (χ1v) is 10.7. The highest BCUT2D eigenvalue weighted by Crippen LogP contribution is 2.27. The van der Waals surface area contributed by atoms with Gasteiger partial charge in [-0.15, -0.1) is 0 Å². The Bertz CT molecular complexity index is 1330. The zero-order chi connectivity index (χ0) is 23.2. The van der Waals surface area contributed by atoms with Crippen molar-refractivity contribution in [3.63, 3.8) is 0 Å². The highest BCUT2D eigenvalue weighted by Gasteiger charge is 2.08. The van der Waals surface area contributed by atoms with Crippen molar-refractivity contribution in [2.45, 2.75) is 6.92 Å². The van der Waals surface area contributed by atoms with Gasteiger partial charge in [0, 0.05) is 33.6 Å². The lowest BCUT2D eigenvalue weighted by atomic mass is 10.1. The molecule has 6 heteroatoms. The van der Waals surface area contributed by atoms with Crippen molar-refractivity contribution in [3.8, 4) is 11.3 Å². The van der Waals surface area contributed by atoms with E-state index in [2.05, 4.69) is 10.6 Å². The molecule has 0 radical (unpaired) electrons. The Hall–Kier alpha value is -4.09. The van der Waals surface area contributed by atoms with E-state index in [0.717, 1.165) is 11.1 Å². The topological polar surface area (TPSA) is 71.3 Å². The summed E-state index contributed by atoms with van der Waals surface area (Å²) in [5, 5.41) is 6.27. The number of hydrogen-bond acceptors (Lipinski definition) is 3. The van der Waals surface area contributed by atoms with E-state index in [1.807, 2.05) is 37.3 Å². The second-order valence-corrected chi connectivity index (χ2v) is 7.80. The fraction of sp³-hybridized carbons (Fsp3) is 0.0370. The third-order valence-corrected chi connectivity index (χ3v) is 5.31. The minimum absolute atomic E-state index is 0.220. The first kappa shape index (κ1) is 22.1. The van der Waals surface area contributed by atoms with Crippen molar-refractivity contribution >= 4 is 40.9 Å². The number of anilines is 2. The Morgan fingerprint density at radius 3 is 2.36 bits per heavy atom. The van der Waals surface area contributed by atoms with Crippen LogP contribution >= 0.6 is 11.6 Å². The van der Waals surface area contributed by atoms with Crippen molar-refractivity contribution in [2.24, 2.45) is 0 Å². The van der Waals surface area contributed by atoms with Crippen molar-refractivity contribution in [1.82, 2.24) is 0 Å². The minimum Gasteiger partial charge on any atom is -0.457 e. The van der Waals surface area contributed by atoms with Crippen LogP contribution in [0.4, 0.5) is 11.4 Å². The number of rotatable bonds is 6. The SMILES string of the molecule is Cc1ccc(-c2ccc(/C=C/C(=O)Nc3cccc(NC(=O)c4ccccc4)c3)o2)cc1Cl. The monoisotopic (exact) mass is 456 g/mol. The molecule has 2 N–H and O–H groups in total. The van der Waals surface area contributed by atoms with E-state index in [0.29, 0.717) is 33.5 Å². The van der Waals surface area contributed by atoms with E-state index in [9.17, 15) is 9.59 Å². The standard InChI is InChI=1S/C27H21ClN2O3/c1-18-10-11-20(16-24(18)28)25-14-12-23(33-25)13-15-26(31)29-21-8-5-9-22(17-21)30-27(32)19-6-3-2-4-7-19/h2-17H,1H3,(H,29,31)(H,30,32)/b15-13+. The molecule has 0 saturated heterocycles. The number of halogens is 1. The second kappa shape index (κ2) is 10.0. The fourth-order valence-corrected chi connectivity index (χ4v) is 3.33. The zero-order valence-electron chi connectivity index (χ0n) is 17.8. The molecule has 0 spiro atoms. The molecule has 0 aliphatic heterocycles. The minimum atomic E-state index is -0.321. The van der Waals surface area contributed by atoms with E-state index < -0.39 is 0 Å². The molecule has 1 heterocycles. The second-order valence-electron chi connectivity index (χ2n) is 7.39. The summed E-state index contributed by atoms with van der Waals surface area (Å²) in [6.45, 7) is 1.94. The molecule has 0 unspecified atom stereocenters. The largest absolute Gasteiger partial charge is 0.457 e. The van der Waals surface area contributed by atoms with Gasteiger partial charge in [-0.05, 0) is 67.1 Å². The number of amides is 2. The van der Waals surface area contributed by atoms with Crippen molar-refractivity contribution < 1.29 is 14.0 Å². The molecule has 2 amide bonds. The number of aryl methyl sites for hydroxylation is 1. The zero-order valence-corrected chi connectivity index (χ0v) is 18.6. The van der Waals surface area contributed by atoms with Crippen LogP contribution in [0, 0.1) is 6.92 Å². The van der Waals surface area contributed by atoms with Crippen LogP contribution in [-0.4, -0.2) is 11.8 Å². The Balaban J connectivity index is 1.38. The average molecular weight is 457 g/mol. The molecule has 4 aromatic rings. The van der Waals surface area contributed by atoms with Gasteiger partial charge in [0.25, 0.3) is 5.91 Å². The summed E-state index contributed by atoms with van der Waals surface area (Å²) in [4.78, 5) is 24.7. The first-order chi connectivity index (χ1) is 16.0. The molecule has 5 nitrogen and oxygen atoms in total. The maximum absolute atomic E-state index is 12.4. The smallest absolute Gasteiger partial charge is 0.255 e. The molecule has 164 valence electrons. The third-order valence-electron chi connectivity index (χ3n) is 4.91. The number of benzene rings is 3. The van der Waals surface area contributed by atoms with E-state index >= 15 is 0 Å². The van der Waals surface area contributed by atoms with Crippen LogP contribution in [0.5, 0.6) is 0 Å². The number of furan rings is 1. The maximum atomic E-state index is 12.4. The summed E-state index contributed by atoms with van der Waals surface area (Å²) >= 11 is 6.19. The van der Waals surface area contributed by atoms with Crippen LogP contribution in [0.25, 0.3) is 17.4 Å². The predicted octanol–water partition coefficient (Wildman–Crippen LogP) is 6.81. The first-order valence-electron chi connectivity index (χ1n) is 10.3. The fourth-order valence-electron chi connectivity index (χ4n) is 3.15. The van der Waals surface area contributed by atoms with E-state index in [1.165, 1.54) is 6.08 Å². The van der Waals surface area contributed by atoms with Gasteiger partial charge in [0.05, 0.1) is 0 Å². The van der Waals surface area contributed by atoms with Crippen LogP contribution < -0.4 is 10.6 Å². The number of carbonyl (C=O) groups is 2. The Morgan fingerprint density at radius 2 is 1.61 bits per heavy atom. The predicted molar refractivity (Wildman–Crippen MR) is 132 cm³/mol. The summed E-state index contributed by atoms with van der Waals surface area (Å²) < 4.78 is 5.80. The molecule has 1 aromatic heterocycles. The molecule has 3 aromatic carbocycles. The lowest BCUT2D eigenvalue weighted by Gasteiger charge is -2.08. The van der Waals surface area contributed by atoms with Crippen molar-refractivity contribution in [1.29, 1.82) is 0 Å². The van der Waals surface area contributed by atoms with E-state index in [4.69, 9.17) is 16.0 Å². The molecular weight excluding hydrogens is 436 g/mol. The van der Waals surface area contributed by atoms with E-state index in [1.54, 1.807) is 60.7 Å². The van der Waals surface area contributed by atoms with Gasteiger partial charge < -0.3 is 15.1 Å². The van der Waals surface area contributed by atoms with Crippen LogP contribution in [0.2, 0.25) is 5.02 Å². The van der Waals surface area contributed by atoms with Crippen molar-refractivity contribution in [3.05, 3.63) is 113 Å². The van der Waals surface area contributed by atoms with Gasteiger partial charge in [0.2, 0.25) is 5.91 Å². The average Bonchev–Trinajstić information content (AvgIpc) is 3.29. The molecule has 0 saturated carbocycles. The summed E-state index contributed by atoms with van der Waals surface area (Å²) in [6, 6.07) is 25.2. The van der Waals surface area contributed by atoms with Crippen LogP contribution in [0.3, 0.4) is 0 Å². The number of carbonyl (C=O) groups excluding carboxylic acids is 2. The lowest BCUT2D eigenvalue weighted by molar-refractivity contribution is -0.111. The van der Waals surface area contributed by atoms with Gasteiger partial charge in [-0.3, -0.25) is 9.59 Å². The Labute approximate surface area is 196 Å². The van der Waals surface area contributed by atoms with Gasteiger partial charge in [0.1, 0.15) is 11.5 Å².